The Morgan fingerprint density at radius 1 is 1.55 bits per heavy atom. The minimum absolute atomic E-state index is 0.0911. The molecule has 1 aliphatic rings. The molecule has 0 aliphatic carbocycles. The lowest BCUT2D eigenvalue weighted by Crippen LogP contribution is -2.39. The number of methoxy groups -OCH3 is 1. The van der Waals surface area contributed by atoms with Crippen molar-refractivity contribution >= 4 is 5.91 Å². The Labute approximate surface area is 119 Å². The van der Waals surface area contributed by atoms with Crippen molar-refractivity contribution in [3.05, 3.63) is 23.8 Å². The van der Waals surface area contributed by atoms with Gasteiger partial charge < -0.3 is 19.6 Å². The fourth-order valence-electron chi connectivity index (χ4n) is 2.67. The molecule has 1 heterocycles. The molecule has 5 nitrogen and oxygen atoms in total. The van der Waals surface area contributed by atoms with Crippen LogP contribution in [0, 0.1) is 0 Å². The second-order valence-electron chi connectivity index (χ2n) is 5.32. The maximum Gasteiger partial charge on any atom is 0.257 e. The summed E-state index contributed by atoms with van der Waals surface area (Å²) in [5, 5.41) is 10.0. The summed E-state index contributed by atoms with van der Waals surface area (Å²) in [5.41, 5.74) is 0.285. The molecule has 1 atom stereocenters. The number of likely N-dealkylation sites (N-methyl/N-ethyl adjacent to an activating group) is 2. The van der Waals surface area contributed by atoms with Crippen molar-refractivity contribution in [2.45, 2.75) is 18.9 Å². The van der Waals surface area contributed by atoms with Gasteiger partial charge in [-0.2, -0.15) is 0 Å². The molecule has 1 unspecified atom stereocenters. The van der Waals surface area contributed by atoms with Crippen molar-refractivity contribution in [2.24, 2.45) is 0 Å². The monoisotopic (exact) mass is 278 g/mol. The summed E-state index contributed by atoms with van der Waals surface area (Å²) in [6.45, 7) is 1.75. The second-order valence-corrected chi connectivity index (χ2v) is 5.32. The number of rotatable bonds is 4. The van der Waals surface area contributed by atoms with E-state index < -0.39 is 0 Å². The molecular weight excluding hydrogens is 256 g/mol. The molecular formula is C15H22N2O3. The lowest BCUT2D eigenvalue weighted by Gasteiger charge is -2.26. The first-order chi connectivity index (χ1) is 9.54. The second kappa shape index (κ2) is 6.13. The first-order valence-corrected chi connectivity index (χ1v) is 6.86. The molecule has 0 spiro atoms. The van der Waals surface area contributed by atoms with E-state index in [9.17, 15) is 9.90 Å². The summed E-state index contributed by atoms with van der Waals surface area (Å²) in [4.78, 5) is 16.4. The van der Waals surface area contributed by atoms with Crippen molar-refractivity contribution < 1.29 is 14.6 Å². The van der Waals surface area contributed by atoms with Gasteiger partial charge in [-0.15, -0.1) is 0 Å². The van der Waals surface area contributed by atoms with E-state index in [4.69, 9.17) is 4.74 Å². The minimum Gasteiger partial charge on any atom is -0.504 e. The Kier molecular flexibility index (Phi) is 4.49. The highest BCUT2D eigenvalue weighted by Gasteiger charge is 2.25. The third-order valence-electron chi connectivity index (χ3n) is 3.95. The Morgan fingerprint density at radius 3 is 2.90 bits per heavy atom. The average molecular weight is 278 g/mol. The predicted molar refractivity (Wildman–Crippen MR) is 77.3 cm³/mol. The molecule has 1 N–H and O–H groups in total. The molecule has 0 aromatic heterocycles. The van der Waals surface area contributed by atoms with Crippen LogP contribution in [0.1, 0.15) is 23.2 Å². The van der Waals surface area contributed by atoms with Gasteiger partial charge in [0.1, 0.15) is 0 Å². The zero-order valence-electron chi connectivity index (χ0n) is 12.3. The van der Waals surface area contributed by atoms with E-state index in [1.165, 1.54) is 13.5 Å². The number of carbonyl (C=O) groups is 1. The first-order valence-electron chi connectivity index (χ1n) is 6.86. The molecule has 1 saturated heterocycles. The number of aromatic hydroxyl groups is 1. The van der Waals surface area contributed by atoms with E-state index in [0.29, 0.717) is 18.3 Å². The van der Waals surface area contributed by atoms with Crippen LogP contribution >= 0.6 is 0 Å². The van der Waals surface area contributed by atoms with Crippen molar-refractivity contribution in [3.63, 3.8) is 0 Å². The van der Waals surface area contributed by atoms with Crippen molar-refractivity contribution in [2.75, 3.05) is 34.3 Å². The quantitative estimate of drug-likeness (QED) is 0.908. The van der Waals surface area contributed by atoms with Crippen LogP contribution < -0.4 is 4.74 Å². The minimum atomic E-state index is -0.179. The number of benzene rings is 1. The molecule has 1 aromatic carbocycles. The zero-order chi connectivity index (χ0) is 14.7. The van der Waals surface area contributed by atoms with Gasteiger partial charge in [0, 0.05) is 19.6 Å². The molecule has 20 heavy (non-hydrogen) atoms. The van der Waals surface area contributed by atoms with E-state index >= 15 is 0 Å². The zero-order valence-corrected chi connectivity index (χ0v) is 12.3. The number of amides is 1. The van der Waals surface area contributed by atoms with Crippen LogP contribution in [-0.2, 0) is 0 Å². The Bertz CT molecular complexity index is 490. The third-order valence-corrected chi connectivity index (χ3v) is 3.95. The van der Waals surface area contributed by atoms with Crippen LogP contribution in [0.25, 0.3) is 0 Å². The summed E-state index contributed by atoms with van der Waals surface area (Å²) in [5.74, 6) is 0.0514. The fourth-order valence-corrected chi connectivity index (χ4v) is 2.67. The number of likely N-dealkylation sites (tertiary alicyclic amines) is 1. The molecule has 1 amide bonds. The largest absolute Gasteiger partial charge is 0.504 e. The Hall–Kier alpha value is -1.75. The topological polar surface area (TPSA) is 53.0 Å². The standard InChI is InChI=1S/C15H22N2O3/c1-16-9-5-6-11(16)10-17(2)15(19)12-7-4-8-13(20-3)14(12)18/h4,7-8,11,18H,5-6,9-10H2,1-3H3. The van der Waals surface area contributed by atoms with Crippen molar-refractivity contribution in [3.8, 4) is 11.5 Å². The molecule has 1 aliphatic heterocycles. The number of hydrogen-bond donors (Lipinski definition) is 1. The van der Waals surface area contributed by atoms with Gasteiger partial charge in [0.2, 0.25) is 0 Å². The van der Waals surface area contributed by atoms with Gasteiger partial charge in [0.05, 0.1) is 12.7 Å². The van der Waals surface area contributed by atoms with Gasteiger partial charge in [-0.25, -0.2) is 0 Å². The molecule has 0 bridgehead atoms. The average Bonchev–Trinajstić information content (AvgIpc) is 2.84. The van der Waals surface area contributed by atoms with Crippen LogP contribution in [0.2, 0.25) is 0 Å². The van der Waals surface area contributed by atoms with Gasteiger partial charge in [0.15, 0.2) is 11.5 Å². The number of nitrogens with zero attached hydrogens (tertiary/aromatic N) is 2. The fraction of sp³-hybridized carbons (Fsp3) is 0.533. The van der Waals surface area contributed by atoms with Crippen LogP contribution in [0.15, 0.2) is 18.2 Å². The Balaban J connectivity index is 2.10. The number of phenols is 1. The van der Waals surface area contributed by atoms with Crippen LogP contribution in [0.3, 0.4) is 0 Å². The summed E-state index contributed by atoms with van der Waals surface area (Å²) < 4.78 is 5.04. The summed E-state index contributed by atoms with van der Waals surface area (Å²) >= 11 is 0. The van der Waals surface area contributed by atoms with Gasteiger partial charge >= 0.3 is 0 Å². The number of carbonyl (C=O) groups excluding carboxylic acids is 1. The molecule has 1 fully saturated rings. The van der Waals surface area contributed by atoms with Gasteiger partial charge in [-0.1, -0.05) is 6.07 Å². The van der Waals surface area contributed by atoms with Crippen molar-refractivity contribution in [1.29, 1.82) is 0 Å². The summed E-state index contributed by atoms with van der Waals surface area (Å²) in [6, 6.07) is 5.37. The maximum atomic E-state index is 12.4. The van der Waals surface area contributed by atoms with Crippen LogP contribution in [0.4, 0.5) is 0 Å². The maximum absolute atomic E-state index is 12.4. The summed E-state index contributed by atoms with van der Waals surface area (Å²) in [6.07, 6.45) is 2.28. The smallest absolute Gasteiger partial charge is 0.257 e. The molecule has 1 aromatic rings. The van der Waals surface area contributed by atoms with Gasteiger partial charge in [-0.3, -0.25) is 4.79 Å². The Morgan fingerprint density at radius 2 is 2.30 bits per heavy atom. The lowest BCUT2D eigenvalue weighted by atomic mass is 10.1. The SMILES string of the molecule is COc1cccc(C(=O)N(C)CC2CCCN2C)c1O. The van der Waals surface area contributed by atoms with E-state index in [2.05, 4.69) is 11.9 Å². The molecule has 5 heteroatoms. The van der Waals surface area contributed by atoms with Crippen molar-refractivity contribution in [1.82, 2.24) is 9.80 Å². The predicted octanol–water partition coefficient (Wildman–Crippen LogP) is 1.57. The van der Waals surface area contributed by atoms with Gasteiger partial charge in [0.25, 0.3) is 5.91 Å². The third kappa shape index (κ3) is 2.88. The highest BCUT2D eigenvalue weighted by Crippen LogP contribution is 2.30. The molecule has 110 valence electrons. The number of ether oxygens (including phenoxy) is 1. The summed E-state index contributed by atoms with van der Waals surface area (Å²) in [7, 11) is 5.33. The van der Waals surface area contributed by atoms with Gasteiger partial charge in [-0.05, 0) is 38.6 Å². The van der Waals surface area contributed by atoms with E-state index in [1.807, 2.05) is 0 Å². The number of hydrogen-bond acceptors (Lipinski definition) is 4. The lowest BCUT2D eigenvalue weighted by molar-refractivity contribution is 0.0758. The first kappa shape index (κ1) is 14.7. The number of para-hydroxylation sites is 1. The highest BCUT2D eigenvalue weighted by molar-refractivity contribution is 5.97. The highest BCUT2D eigenvalue weighted by atomic mass is 16.5. The molecule has 0 radical (unpaired) electrons. The van der Waals surface area contributed by atoms with Crippen LogP contribution in [-0.4, -0.2) is 61.2 Å². The van der Waals surface area contributed by atoms with Crippen LogP contribution in [0.5, 0.6) is 11.5 Å². The van der Waals surface area contributed by atoms with E-state index in [0.717, 1.165) is 13.0 Å². The molecule has 0 saturated carbocycles. The normalized spacial score (nSPS) is 19.1. The number of phenolic OH excluding ortho intramolecular Hbond substituents is 1. The van der Waals surface area contributed by atoms with E-state index in [1.54, 1.807) is 30.1 Å². The molecule has 2 rings (SSSR count). The van der Waals surface area contributed by atoms with E-state index in [-0.39, 0.29) is 17.2 Å².